The summed E-state index contributed by atoms with van der Waals surface area (Å²) in [6.07, 6.45) is 1.77. The molecule has 0 aliphatic rings. The second kappa shape index (κ2) is 9.55. The first-order valence-corrected chi connectivity index (χ1v) is 8.40. The molecule has 26 heavy (non-hydrogen) atoms. The van der Waals surface area contributed by atoms with E-state index in [4.69, 9.17) is 14.2 Å². The average molecular weight is 361 g/mol. The van der Waals surface area contributed by atoms with Crippen molar-refractivity contribution < 1.29 is 14.2 Å². The van der Waals surface area contributed by atoms with E-state index < -0.39 is 0 Å². The topological polar surface area (TPSA) is 81.9 Å². The van der Waals surface area contributed by atoms with Gasteiger partial charge in [-0.25, -0.2) is 4.99 Å². The van der Waals surface area contributed by atoms with Crippen molar-refractivity contribution >= 4 is 5.96 Å². The van der Waals surface area contributed by atoms with Gasteiger partial charge in [0.05, 0.1) is 40.1 Å². The van der Waals surface area contributed by atoms with E-state index in [1.807, 2.05) is 36.9 Å². The van der Waals surface area contributed by atoms with E-state index >= 15 is 0 Å². The maximum atomic E-state index is 5.39. The molecule has 0 saturated carbocycles. The fraction of sp³-hybridized carbons (Fsp3) is 0.444. The van der Waals surface area contributed by atoms with Gasteiger partial charge in [0, 0.05) is 19.8 Å². The molecule has 0 amide bonds. The van der Waals surface area contributed by atoms with E-state index in [1.54, 1.807) is 27.5 Å². The molecule has 0 aliphatic heterocycles. The number of benzene rings is 1. The summed E-state index contributed by atoms with van der Waals surface area (Å²) in [4.78, 5) is 4.63. The Kier molecular flexibility index (Phi) is 7.13. The highest BCUT2D eigenvalue weighted by molar-refractivity contribution is 5.79. The fourth-order valence-electron chi connectivity index (χ4n) is 2.49. The van der Waals surface area contributed by atoms with Crippen LogP contribution in [-0.2, 0) is 20.1 Å². The van der Waals surface area contributed by atoms with Crippen LogP contribution >= 0.6 is 0 Å². The molecule has 2 rings (SSSR count). The monoisotopic (exact) mass is 361 g/mol. The normalized spacial score (nSPS) is 11.2. The van der Waals surface area contributed by atoms with Gasteiger partial charge >= 0.3 is 0 Å². The lowest BCUT2D eigenvalue weighted by molar-refractivity contribution is 0.324. The molecule has 1 aromatic heterocycles. The molecule has 8 heteroatoms. The molecule has 0 saturated heterocycles. The van der Waals surface area contributed by atoms with Crippen LogP contribution in [0.15, 0.2) is 29.4 Å². The first kappa shape index (κ1) is 19.4. The van der Waals surface area contributed by atoms with Crippen molar-refractivity contribution in [3.8, 4) is 17.2 Å². The molecule has 0 atom stereocenters. The van der Waals surface area contributed by atoms with Gasteiger partial charge < -0.3 is 24.8 Å². The number of nitrogens with one attached hydrogen (secondary N) is 2. The van der Waals surface area contributed by atoms with Crippen molar-refractivity contribution in [2.75, 3.05) is 27.9 Å². The van der Waals surface area contributed by atoms with Crippen molar-refractivity contribution in [2.24, 2.45) is 12.0 Å². The quantitative estimate of drug-likeness (QED) is 0.550. The van der Waals surface area contributed by atoms with Gasteiger partial charge in [-0.1, -0.05) is 0 Å². The Bertz CT molecular complexity index is 717. The van der Waals surface area contributed by atoms with Crippen LogP contribution in [0.25, 0.3) is 0 Å². The molecule has 2 aromatic rings. The van der Waals surface area contributed by atoms with Gasteiger partial charge in [0.15, 0.2) is 17.5 Å². The zero-order valence-corrected chi connectivity index (χ0v) is 16.0. The maximum Gasteiger partial charge on any atom is 0.203 e. The van der Waals surface area contributed by atoms with Crippen LogP contribution in [0.3, 0.4) is 0 Å². The van der Waals surface area contributed by atoms with Gasteiger partial charge in [-0.3, -0.25) is 4.68 Å². The molecule has 142 valence electrons. The molecule has 8 nitrogen and oxygen atoms in total. The van der Waals surface area contributed by atoms with Crippen molar-refractivity contribution in [1.29, 1.82) is 0 Å². The third-order valence-electron chi connectivity index (χ3n) is 3.85. The second-order valence-corrected chi connectivity index (χ2v) is 5.53. The summed E-state index contributed by atoms with van der Waals surface area (Å²) in [5, 5.41) is 10.7. The summed E-state index contributed by atoms with van der Waals surface area (Å²) in [6.45, 7) is 3.90. The Morgan fingerprint density at radius 3 is 2.31 bits per heavy atom. The number of hydrogen-bond acceptors (Lipinski definition) is 5. The van der Waals surface area contributed by atoms with Crippen LogP contribution in [0.5, 0.6) is 17.2 Å². The highest BCUT2D eigenvalue weighted by Gasteiger charge is 2.13. The zero-order valence-electron chi connectivity index (χ0n) is 16.0. The summed E-state index contributed by atoms with van der Waals surface area (Å²) >= 11 is 0. The summed E-state index contributed by atoms with van der Waals surface area (Å²) < 4.78 is 18.0. The van der Waals surface area contributed by atoms with Crippen LogP contribution in [0, 0.1) is 0 Å². The third kappa shape index (κ3) is 4.81. The van der Waals surface area contributed by atoms with Gasteiger partial charge in [0.25, 0.3) is 0 Å². The molecule has 1 aromatic carbocycles. The van der Waals surface area contributed by atoms with Crippen LogP contribution in [0.4, 0.5) is 0 Å². The molecule has 1 heterocycles. The lowest BCUT2D eigenvalue weighted by Gasteiger charge is -2.14. The molecule has 0 radical (unpaired) electrons. The molecule has 0 aliphatic carbocycles. The number of ether oxygens (including phenoxy) is 3. The smallest absolute Gasteiger partial charge is 0.203 e. The number of nitrogens with zero attached hydrogens (tertiary/aromatic N) is 3. The lowest BCUT2D eigenvalue weighted by Crippen LogP contribution is -2.37. The van der Waals surface area contributed by atoms with E-state index in [-0.39, 0.29) is 0 Å². The molecule has 2 N–H and O–H groups in total. The average Bonchev–Trinajstić information content (AvgIpc) is 3.07. The Balaban J connectivity index is 2.14. The first-order chi connectivity index (χ1) is 12.6. The second-order valence-electron chi connectivity index (χ2n) is 5.53. The number of rotatable bonds is 8. The summed E-state index contributed by atoms with van der Waals surface area (Å²) in [7, 11) is 6.70. The number of aryl methyl sites for hydroxylation is 1. The van der Waals surface area contributed by atoms with Crippen LogP contribution in [0.1, 0.15) is 18.2 Å². The number of hydrogen-bond donors (Lipinski definition) is 2. The molecule has 0 bridgehead atoms. The number of aliphatic imine (C=N–C) groups is 1. The Hall–Kier alpha value is -2.90. The van der Waals surface area contributed by atoms with Crippen LogP contribution in [-0.4, -0.2) is 43.6 Å². The predicted molar refractivity (Wildman–Crippen MR) is 101 cm³/mol. The van der Waals surface area contributed by atoms with Crippen molar-refractivity contribution in [2.45, 2.75) is 20.0 Å². The molecule has 0 unspecified atom stereocenters. The van der Waals surface area contributed by atoms with Crippen LogP contribution < -0.4 is 24.8 Å². The molecule has 0 fully saturated rings. The van der Waals surface area contributed by atoms with Gasteiger partial charge in [0.1, 0.15) is 0 Å². The highest BCUT2D eigenvalue weighted by Crippen LogP contribution is 2.38. The standard InChI is InChI=1S/C18H27N5O3/c1-6-19-18(21-12-14-7-8-22-23(14)2)20-11-13-9-15(24-3)17(26-5)16(10-13)25-4/h7-10H,6,11-12H2,1-5H3,(H2,19,20,21). The lowest BCUT2D eigenvalue weighted by atomic mass is 10.2. The van der Waals surface area contributed by atoms with Gasteiger partial charge in [-0.15, -0.1) is 0 Å². The van der Waals surface area contributed by atoms with Crippen molar-refractivity contribution in [1.82, 2.24) is 20.4 Å². The number of methoxy groups -OCH3 is 3. The van der Waals surface area contributed by atoms with Gasteiger partial charge in [-0.2, -0.15) is 5.10 Å². The Labute approximate surface area is 154 Å². The zero-order chi connectivity index (χ0) is 18.9. The van der Waals surface area contributed by atoms with E-state index in [1.165, 1.54) is 0 Å². The van der Waals surface area contributed by atoms with Crippen molar-refractivity contribution in [3.63, 3.8) is 0 Å². The van der Waals surface area contributed by atoms with Crippen LogP contribution in [0.2, 0.25) is 0 Å². The summed E-state index contributed by atoms with van der Waals surface area (Å²) in [5.41, 5.74) is 2.03. The summed E-state index contributed by atoms with van der Waals surface area (Å²) in [6, 6.07) is 5.76. The molecular weight excluding hydrogens is 334 g/mol. The largest absolute Gasteiger partial charge is 0.493 e. The van der Waals surface area contributed by atoms with E-state index in [2.05, 4.69) is 20.7 Å². The number of aromatic nitrogens is 2. The minimum Gasteiger partial charge on any atom is -0.493 e. The van der Waals surface area contributed by atoms with Gasteiger partial charge in [-0.05, 0) is 30.7 Å². The maximum absolute atomic E-state index is 5.39. The predicted octanol–water partition coefficient (Wildman–Crippen LogP) is 1.70. The van der Waals surface area contributed by atoms with E-state index in [0.717, 1.165) is 23.8 Å². The number of guanidine groups is 1. The first-order valence-electron chi connectivity index (χ1n) is 8.40. The van der Waals surface area contributed by atoms with E-state index in [0.29, 0.717) is 30.3 Å². The Morgan fingerprint density at radius 2 is 1.81 bits per heavy atom. The third-order valence-corrected chi connectivity index (χ3v) is 3.85. The fourth-order valence-corrected chi connectivity index (χ4v) is 2.49. The molecule has 0 spiro atoms. The molecular formula is C18H27N5O3. The van der Waals surface area contributed by atoms with E-state index in [9.17, 15) is 0 Å². The van der Waals surface area contributed by atoms with Crippen molar-refractivity contribution in [3.05, 3.63) is 35.7 Å². The highest BCUT2D eigenvalue weighted by atomic mass is 16.5. The van der Waals surface area contributed by atoms with Gasteiger partial charge in [0.2, 0.25) is 5.75 Å². The Morgan fingerprint density at radius 1 is 1.12 bits per heavy atom. The minimum absolute atomic E-state index is 0.470. The summed E-state index contributed by atoms with van der Waals surface area (Å²) in [5.74, 6) is 2.53. The SMILES string of the molecule is CCNC(=NCc1cc(OC)c(OC)c(OC)c1)NCc1ccnn1C. The minimum atomic E-state index is 0.470.